The number of nitrogens with one attached hydrogen (secondary N) is 2. The third-order valence-corrected chi connectivity index (χ3v) is 6.81. The monoisotopic (exact) mass is 393 g/mol. The molecule has 0 aromatic heterocycles. The van der Waals surface area contributed by atoms with Gasteiger partial charge in [0.25, 0.3) is 0 Å². The summed E-state index contributed by atoms with van der Waals surface area (Å²) in [7, 11) is 0.907. The Morgan fingerprint density at radius 1 is 1.26 bits per heavy atom. The van der Waals surface area contributed by atoms with Crippen molar-refractivity contribution in [1.82, 2.24) is 10.6 Å². The van der Waals surface area contributed by atoms with E-state index in [9.17, 15) is 4.21 Å². The van der Waals surface area contributed by atoms with Gasteiger partial charge in [0.1, 0.15) is 0 Å². The van der Waals surface area contributed by atoms with Crippen molar-refractivity contribution in [3.8, 4) is 0 Å². The zero-order valence-electron chi connectivity index (χ0n) is 17.4. The van der Waals surface area contributed by atoms with E-state index in [1.807, 2.05) is 20.8 Å². The van der Waals surface area contributed by atoms with Gasteiger partial charge in [0, 0.05) is 54.0 Å². The van der Waals surface area contributed by atoms with Crippen LogP contribution in [-0.2, 0) is 15.5 Å². The van der Waals surface area contributed by atoms with Gasteiger partial charge in [-0.3, -0.25) is 9.20 Å². The van der Waals surface area contributed by atoms with Crippen LogP contribution in [0.5, 0.6) is 0 Å². The van der Waals surface area contributed by atoms with Crippen LogP contribution in [0.4, 0.5) is 0 Å². The minimum atomic E-state index is -0.862. The Bertz CT molecular complexity index is 638. The Kier molecular flexibility index (Phi) is 8.29. The zero-order chi connectivity index (χ0) is 19.9. The van der Waals surface area contributed by atoms with E-state index < -0.39 is 10.8 Å². The van der Waals surface area contributed by atoms with Crippen LogP contribution in [0.3, 0.4) is 0 Å². The van der Waals surface area contributed by atoms with E-state index in [0.717, 1.165) is 32.0 Å². The van der Waals surface area contributed by atoms with Gasteiger partial charge in [0.15, 0.2) is 5.96 Å². The third-order valence-electron chi connectivity index (χ3n) is 4.87. The first-order valence-electron chi connectivity index (χ1n) is 9.82. The van der Waals surface area contributed by atoms with Crippen molar-refractivity contribution in [2.75, 3.05) is 32.5 Å². The van der Waals surface area contributed by atoms with Crippen LogP contribution in [0.2, 0.25) is 0 Å². The van der Waals surface area contributed by atoms with E-state index in [1.165, 1.54) is 11.1 Å². The van der Waals surface area contributed by atoms with Gasteiger partial charge in [-0.1, -0.05) is 29.8 Å². The summed E-state index contributed by atoms with van der Waals surface area (Å²) in [4.78, 5) is 4.30. The maximum absolute atomic E-state index is 12.2. The second-order valence-corrected chi connectivity index (χ2v) is 10.5. The Morgan fingerprint density at radius 2 is 1.96 bits per heavy atom. The van der Waals surface area contributed by atoms with Crippen molar-refractivity contribution in [2.24, 2.45) is 10.9 Å². The average molecular weight is 394 g/mol. The van der Waals surface area contributed by atoms with Crippen LogP contribution >= 0.6 is 0 Å². The van der Waals surface area contributed by atoms with Crippen LogP contribution in [0.25, 0.3) is 0 Å². The lowest BCUT2D eigenvalue weighted by molar-refractivity contribution is -0.0265. The highest BCUT2D eigenvalue weighted by atomic mass is 32.2. The standard InChI is InChI=1S/C21H35N3O2S/c1-16-8-10-17(11-9-16)19-18(7-6-13-26-19)15-24-20(22-5)23-12-14-27(25)21(2,3)4/h8-11,18-19H,6-7,12-15H2,1-5H3,(H2,22,23,24). The summed E-state index contributed by atoms with van der Waals surface area (Å²) in [6.45, 7) is 10.4. The van der Waals surface area contributed by atoms with Gasteiger partial charge in [-0.15, -0.1) is 0 Å². The Hall–Kier alpha value is -1.40. The highest BCUT2D eigenvalue weighted by Crippen LogP contribution is 2.33. The van der Waals surface area contributed by atoms with Crippen molar-refractivity contribution in [1.29, 1.82) is 0 Å². The predicted molar refractivity (Wildman–Crippen MR) is 115 cm³/mol. The molecule has 2 N–H and O–H groups in total. The number of hydrogen-bond acceptors (Lipinski definition) is 3. The Morgan fingerprint density at radius 3 is 2.59 bits per heavy atom. The Balaban J connectivity index is 1.86. The van der Waals surface area contributed by atoms with E-state index in [-0.39, 0.29) is 10.9 Å². The fourth-order valence-electron chi connectivity index (χ4n) is 3.19. The third kappa shape index (κ3) is 6.92. The number of hydrogen-bond donors (Lipinski definition) is 2. The van der Waals surface area contributed by atoms with E-state index in [1.54, 1.807) is 7.05 Å². The van der Waals surface area contributed by atoms with Gasteiger partial charge in [0.05, 0.1) is 6.10 Å². The van der Waals surface area contributed by atoms with E-state index >= 15 is 0 Å². The molecule has 3 atom stereocenters. The highest BCUT2D eigenvalue weighted by molar-refractivity contribution is 7.86. The number of benzene rings is 1. The van der Waals surface area contributed by atoms with Crippen LogP contribution in [-0.4, -0.2) is 47.4 Å². The lowest BCUT2D eigenvalue weighted by atomic mass is 9.89. The van der Waals surface area contributed by atoms with Gasteiger partial charge in [-0.2, -0.15) is 0 Å². The summed E-state index contributed by atoms with van der Waals surface area (Å²) in [5, 5.41) is 6.70. The normalized spacial score (nSPS) is 22.3. The summed E-state index contributed by atoms with van der Waals surface area (Å²) in [6, 6.07) is 8.64. The first kappa shape index (κ1) is 21.9. The number of aryl methyl sites for hydroxylation is 1. The molecule has 1 aromatic rings. The highest BCUT2D eigenvalue weighted by Gasteiger charge is 2.27. The predicted octanol–water partition coefficient (Wildman–Crippen LogP) is 3.17. The molecule has 0 aliphatic carbocycles. The van der Waals surface area contributed by atoms with Crippen molar-refractivity contribution in [2.45, 2.75) is 51.4 Å². The quantitative estimate of drug-likeness (QED) is 0.576. The first-order chi connectivity index (χ1) is 12.8. The molecule has 6 heteroatoms. The lowest BCUT2D eigenvalue weighted by Crippen LogP contribution is -2.43. The molecule has 0 spiro atoms. The number of rotatable bonds is 6. The molecular formula is C21H35N3O2S. The minimum absolute atomic E-state index is 0.123. The van der Waals surface area contributed by atoms with Gasteiger partial charge in [-0.05, 0) is 46.1 Å². The second kappa shape index (κ2) is 10.2. The zero-order valence-corrected chi connectivity index (χ0v) is 18.2. The molecule has 1 aromatic carbocycles. The first-order valence-corrected chi connectivity index (χ1v) is 11.1. The Labute approximate surface area is 166 Å². The van der Waals surface area contributed by atoms with Crippen molar-refractivity contribution < 1.29 is 8.95 Å². The SMILES string of the molecule is CN=C(NCCS(=O)C(C)(C)C)NCC1CCCOC1c1ccc(C)cc1. The van der Waals surface area contributed by atoms with E-state index in [4.69, 9.17) is 4.74 Å². The van der Waals surface area contributed by atoms with Gasteiger partial charge in [0.2, 0.25) is 0 Å². The van der Waals surface area contributed by atoms with Crippen molar-refractivity contribution in [3.63, 3.8) is 0 Å². The molecule has 0 radical (unpaired) electrons. The van der Waals surface area contributed by atoms with Crippen LogP contribution < -0.4 is 10.6 Å². The number of ether oxygens (including phenoxy) is 1. The molecule has 3 unspecified atom stereocenters. The molecule has 1 saturated heterocycles. The van der Waals surface area contributed by atoms with Gasteiger partial charge >= 0.3 is 0 Å². The largest absolute Gasteiger partial charge is 0.373 e. The van der Waals surface area contributed by atoms with Gasteiger partial charge in [-0.25, -0.2) is 0 Å². The number of nitrogens with zero attached hydrogens (tertiary/aromatic N) is 1. The van der Waals surface area contributed by atoms with Crippen LogP contribution in [0.15, 0.2) is 29.3 Å². The van der Waals surface area contributed by atoms with E-state index in [2.05, 4.69) is 46.8 Å². The molecule has 2 rings (SSSR count). The molecule has 5 nitrogen and oxygen atoms in total. The molecule has 1 aliphatic rings. The molecule has 0 saturated carbocycles. The summed E-state index contributed by atoms with van der Waals surface area (Å²) < 4.78 is 18.1. The summed E-state index contributed by atoms with van der Waals surface area (Å²) in [5.41, 5.74) is 2.51. The molecular weight excluding hydrogens is 358 g/mol. The maximum Gasteiger partial charge on any atom is 0.191 e. The summed E-state index contributed by atoms with van der Waals surface area (Å²) in [5.74, 6) is 1.78. The van der Waals surface area contributed by atoms with Crippen molar-refractivity contribution in [3.05, 3.63) is 35.4 Å². The fraction of sp³-hybridized carbons (Fsp3) is 0.667. The molecule has 1 fully saturated rings. The number of aliphatic imine (C=N–C) groups is 1. The molecule has 1 aliphatic heterocycles. The lowest BCUT2D eigenvalue weighted by Gasteiger charge is -2.32. The summed E-state index contributed by atoms with van der Waals surface area (Å²) in [6.07, 6.45) is 2.35. The summed E-state index contributed by atoms with van der Waals surface area (Å²) >= 11 is 0. The minimum Gasteiger partial charge on any atom is -0.373 e. The molecule has 27 heavy (non-hydrogen) atoms. The molecule has 152 valence electrons. The van der Waals surface area contributed by atoms with Crippen LogP contribution in [0, 0.1) is 12.8 Å². The number of guanidine groups is 1. The maximum atomic E-state index is 12.2. The second-order valence-electron chi connectivity index (χ2n) is 8.15. The molecule has 1 heterocycles. The smallest absolute Gasteiger partial charge is 0.191 e. The molecule has 0 amide bonds. The fourth-order valence-corrected chi connectivity index (χ4v) is 4.09. The van der Waals surface area contributed by atoms with Crippen molar-refractivity contribution >= 4 is 16.8 Å². The van der Waals surface area contributed by atoms with Crippen LogP contribution in [0.1, 0.15) is 50.8 Å². The molecule has 0 bridgehead atoms. The average Bonchev–Trinajstić information content (AvgIpc) is 2.64. The van der Waals surface area contributed by atoms with E-state index in [0.29, 0.717) is 18.2 Å². The van der Waals surface area contributed by atoms with Gasteiger partial charge < -0.3 is 15.4 Å². The topological polar surface area (TPSA) is 62.7 Å².